The molecule has 254 valence electrons. The number of fused-ring (bicyclic) bond motifs is 15. The van der Waals surface area contributed by atoms with Crippen molar-refractivity contribution in [3.8, 4) is 44.5 Å². The summed E-state index contributed by atoms with van der Waals surface area (Å²) in [6.45, 7) is 0. The van der Waals surface area contributed by atoms with Crippen LogP contribution < -0.4 is 0 Å². The third-order valence-corrected chi connectivity index (χ3v) is 12.2. The van der Waals surface area contributed by atoms with Gasteiger partial charge in [0.25, 0.3) is 0 Å². The standard InChI is InChI=1S/C55H34/c1-2-13-40-36(12-1)33-53-41(22-11-23-42(40)53)39-29-37(34-24-26-51-47-18-5-3-14-43(47)45-16-7-9-20-49(45)54(51)31-34)28-38(30-39)35-25-27-52-48-19-6-4-15-44(48)46-17-8-10-21-50(46)55(52)32-35/h1-32H,33H2. The van der Waals surface area contributed by atoms with Crippen LogP contribution in [0.3, 0.4) is 0 Å². The van der Waals surface area contributed by atoms with Gasteiger partial charge in [-0.3, -0.25) is 0 Å². The van der Waals surface area contributed by atoms with Crippen molar-refractivity contribution in [1.82, 2.24) is 0 Å². The number of hydrogen-bond donors (Lipinski definition) is 0. The van der Waals surface area contributed by atoms with Gasteiger partial charge in [0.05, 0.1) is 0 Å². The first-order valence-corrected chi connectivity index (χ1v) is 19.3. The Morgan fingerprint density at radius 1 is 0.218 bits per heavy atom. The molecule has 0 atom stereocenters. The summed E-state index contributed by atoms with van der Waals surface area (Å²) < 4.78 is 0. The molecule has 55 heavy (non-hydrogen) atoms. The van der Waals surface area contributed by atoms with Gasteiger partial charge in [-0.05, 0) is 157 Å². The molecule has 0 unspecified atom stereocenters. The van der Waals surface area contributed by atoms with Crippen LogP contribution in [0.5, 0.6) is 0 Å². The number of rotatable bonds is 3. The Hall–Kier alpha value is -7.02. The maximum absolute atomic E-state index is 2.43. The zero-order valence-electron chi connectivity index (χ0n) is 30.2. The van der Waals surface area contributed by atoms with Crippen molar-refractivity contribution < 1.29 is 0 Å². The molecule has 0 nitrogen and oxygen atoms in total. The molecule has 0 spiro atoms. The fourth-order valence-electron chi connectivity index (χ4n) is 9.72. The van der Waals surface area contributed by atoms with Crippen LogP contribution in [-0.4, -0.2) is 0 Å². The van der Waals surface area contributed by atoms with Crippen molar-refractivity contribution in [3.05, 3.63) is 205 Å². The molecule has 0 saturated heterocycles. The molecule has 0 saturated carbocycles. The van der Waals surface area contributed by atoms with Gasteiger partial charge >= 0.3 is 0 Å². The summed E-state index contributed by atoms with van der Waals surface area (Å²) in [4.78, 5) is 0. The molecule has 11 aromatic rings. The molecule has 0 fully saturated rings. The second-order valence-corrected chi connectivity index (χ2v) is 15.2. The molecular formula is C55H34. The molecule has 12 rings (SSSR count). The molecule has 0 heterocycles. The highest BCUT2D eigenvalue weighted by Gasteiger charge is 2.22. The predicted molar refractivity (Wildman–Crippen MR) is 236 cm³/mol. The molecule has 0 radical (unpaired) electrons. The summed E-state index contributed by atoms with van der Waals surface area (Å²) in [5, 5.41) is 15.6. The van der Waals surface area contributed by atoms with E-state index >= 15 is 0 Å². The Kier molecular flexibility index (Phi) is 6.50. The normalized spacial score (nSPS) is 12.3. The first-order chi connectivity index (χ1) is 27.3. The third kappa shape index (κ3) is 4.59. The SMILES string of the molecule is c1ccc2c(c1)Cc1c(-c3cc(-c4ccc5c6ccccc6c6ccccc6c5c4)cc(-c4ccc5c6ccccc6c6ccccc6c5c4)c3)cccc1-2. The monoisotopic (exact) mass is 694 g/mol. The van der Waals surface area contributed by atoms with Crippen molar-refractivity contribution in [1.29, 1.82) is 0 Å². The van der Waals surface area contributed by atoms with Gasteiger partial charge in [-0.1, -0.05) is 164 Å². The van der Waals surface area contributed by atoms with E-state index in [-0.39, 0.29) is 0 Å². The average Bonchev–Trinajstić information content (AvgIpc) is 3.65. The summed E-state index contributed by atoms with van der Waals surface area (Å²) in [5.74, 6) is 0. The van der Waals surface area contributed by atoms with Gasteiger partial charge in [0, 0.05) is 0 Å². The van der Waals surface area contributed by atoms with Crippen molar-refractivity contribution in [2.45, 2.75) is 6.42 Å². The largest absolute Gasteiger partial charge is 0.0619 e. The summed E-state index contributed by atoms with van der Waals surface area (Å²) in [6, 6.07) is 72.7. The first kappa shape index (κ1) is 30.4. The van der Waals surface area contributed by atoms with E-state index in [1.54, 1.807) is 0 Å². The molecular weight excluding hydrogens is 661 g/mol. The topological polar surface area (TPSA) is 0 Å². The molecule has 1 aliphatic carbocycles. The molecule has 0 N–H and O–H groups in total. The van der Waals surface area contributed by atoms with Crippen molar-refractivity contribution in [2.75, 3.05) is 0 Å². The quantitative estimate of drug-likeness (QED) is 0.162. The summed E-state index contributed by atoms with van der Waals surface area (Å²) >= 11 is 0. The summed E-state index contributed by atoms with van der Waals surface area (Å²) in [5.41, 5.74) is 13.0. The van der Waals surface area contributed by atoms with Gasteiger partial charge < -0.3 is 0 Å². The van der Waals surface area contributed by atoms with Gasteiger partial charge in [-0.15, -0.1) is 0 Å². The van der Waals surface area contributed by atoms with Gasteiger partial charge in [-0.25, -0.2) is 0 Å². The minimum atomic E-state index is 0.950. The minimum absolute atomic E-state index is 0.950. The van der Waals surface area contributed by atoms with E-state index in [2.05, 4.69) is 194 Å². The zero-order valence-corrected chi connectivity index (χ0v) is 30.2. The van der Waals surface area contributed by atoms with E-state index in [4.69, 9.17) is 0 Å². The lowest BCUT2D eigenvalue weighted by atomic mass is 9.87. The average molecular weight is 695 g/mol. The predicted octanol–water partition coefficient (Wildman–Crippen LogP) is 15.2. The van der Waals surface area contributed by atoms with Crippen LogP contribution in [0.1, 0.15) is 11.1 Å². The number of hydrogen-bond acceptors (Lipinski definition) is 0. The van der Waals surface area contributed by atoms with Gasteiger partial charge in [0.2, 0.25) is 0 Å². The fraction of sp³-hybridized carbons (Fsp3) is 0.0182. The van der Waals surface area contributed by atoms with Crippen LogP contribution in [0.2, 0.25) is 0 Å². The first-order valence-electron chi connectivity index (χ1n) is 19.3. The lowest BCUT2D eigenvalue weighted by Crippen LogP contribution is -1.91. The highest BCUT2D eigenvalue weighted by atomic mass is 14.3. The Balaban J connectivity index is 1.12. The van der Waals surface area contributed by atoms with Crippen LogP contribution in [0.15, 0.2) is 194 Å². The van der Waals surface area contributed by atoms with E-state index in [9.17, 15) is 0 Å². The highest BCUT2D eigenvalue weighted by molar-refractivity contribution is 6.27. The summed E-state index contributed by atoms with van der Waals surface area (Å²) in [6.07, 6.45) is 0.950. The number of benzene rings is 11. The Morgan fingerprint density at radius 3 is 1.07 bits per heavy atom. The van der Waals surface area contributed by atoms with E-state index in [1.165, 1.54) is 120 Å². The van der Waals surface area contributed by atoms with Gasteiger partial charge in [-0.2, -0.15) is 0 Å². The molecule has 0 bridgehead atoms. The van der Waals surface area contributed by atoms with E-state index in [0.29, 0.717) is 0 Å². The van der Waals surface area contributed by atoms with Crippen molar-refractivity contribution in [3.63, 3.8) is 0 Å². The second-order valence-electron chi connectivity index (χ2n) is 15.2. The van der Waals surface area contributed by atoms with Crippen LogP contribution in [0, 0.1) is 0 Å². The molecule has 1 aliphatic rings. The van der Waals surface area contributed by atoms with Crippen LogP contribution in [0.25, 0.3) is 109 Å². The van der Waals surface area contributed by atoms with E-state index in [0.717, 1.165) is 6.42 Å². The zero-order chi connectivity index (χ0) is 36.0. The maximum Gasteiger partial charge on any atom is -0.000729 e. The lowest BCUT2D eigenvalue weighted by molar-refractivity contribution is 1.26. The lowest BCUT2D eigenvalue weighted by Gasteiger charge is -2.16. The molecule has 0 amide bonds. The third-order valence-electron chi connectivity index (χ3n) is 12.2. The van der Waals surface area contributed by atoms with Crippen LogP contribution in [0.4, 0.5) is 0 Å². The van der Waals surface area contributed by atoms with Crippen LogP contribution in [-0.2, 0) is 6.42 Å². The summed E-state index contributed by atoms with van der Waals surface area (Å²) in [7, 11) is 0. The van der Waals surface area contributed by atoms with Crippen molar-refractivity contribution in [2.24, 2.45) is 0 Å². The second kappa shape index (κ2) is 11.7. The van der Waals surface area contributed by atoms with Gasteiger partial charge in [0.1, 0.15) is 0 Å². The maximum atomic E-state index is 2.43. The Bertz CT molecular complexity index is 3150. The molecule has 0 aliphatic heterocycles. The Labute approximate surface area is 319 Å². The molecule has 0 aromatic heterocycles. The van der Waals surface area contributed by atoms with E-state index in [1.807, 2.05) is 0 Å². The van der Waals surface area contributed by atoms with Gasteiger partial charge in [0.15, 0.2) is 0 Å². The van der Waals surface area contributed by atoms with Crippen molar-refractivity contribution >= 4 is 64.6 Å². The minimum Gasteiger partial charge on any atom is -0.0619 e. The van der Waals surface area contributed by atoms with E-state index < -0.39 is 0 Å². The Morgan fingerprint density at radius 2 is 0.582 bits per heavy atom. The molecule has 11 aromatic carbocycles. The smallest absolute Gasteiger partial charge is 0.000729 e. The highest BCUT2D eigenvalue weighted by Crippen LogP contribution is 2.45. The van der Waals surface area contributed by atoms with Crippen LogP contribution >= 0.6 is 0 Å². The fourth-order valence-corrected chi connectivity index (χ4v) is 9.72. The molecule has 0 heteroatoms.